The number of anilines is 1. The number of aryl methyl sites for hydroxylation is 2. The van der Waals surface area contributed by atoms with E-state index >= 15 is 0 Å². The van der Waals surface area contributed by atoms with Crippen molar-refractivity contribution >= 4 is 23.1 Å². The average molecular weight is 401 g/mol. The molecule has 4 heteroatoms. The van der Waals surface area contributed by atoms with Crippen molar-refractivity contribution in [1.82, 2.24) is 0 Å². The largest absolute Gasteiger partial charge is 0.322 e. The van der Waals surface area contributed by atoms with Crippen molar-refractivity contribution in [2.24, 2.45) is 10.9 Å². The van der Waals surface area contributed by atoms with Crippen molar-refractivity contribution in [3.05, 3.63) is 76.5 Å². The lowest BCUT2D eigenvalue weighted by Gasteiger charge is -2.36. The van der Waals surface area contributed by atoms with Crippen LogP contribution in [0, 0.1) is 12.8 Å². The van der Waals surface area contributed by atoms with Crippen molar-refractivity contribution in [2.75, 3.05) is 5.32 Å². The molecule has 1 aliphatic carbocycles. The molecule has 2 aliphatic rings. The molecule has 1 fully saturated rings. The molecule has 2 atom stereocenters. The molecule has 0 aromatic heterocycles. The van der Waals surface area contributed by atoms with E-state index in [1.54, 1.807) is 0 Å². The van der Waals surface area contributed by atoms with Crippen LogP contribution in [-0.2, 0) is 16.0 Å². The van der Waals surface area contributed by atoms with Gasteiger partial charge in [-0.15, -0.1) is 0 Å². The Bertz CT molecular complexity index is 1050. The summed E-state index contributed by atoms with van der Waals surface area (Å²) in [5.41, 5.74) is 6.28. The fraction of sp³-hybridized carbons (Fsp3) is 0.346. The van der Waals surface area contributed by atoms with Crippen LogP contribution in [0.3, 0.4) is 0 Å². The lowest BCUT2D eigenvalue weighted by atomic mass is 9.69. The van der Waals surface area contributed by atoms with Gasteiger partial charge in [0, 0.05) is 35.0 Å². The summed E-state index contributed by atoms with van der Waals surface area (Å²) in [4.78, 5) is 31.2. The highest BCUT2D eigenvalue weighted by Gasteiger charge is 2.43. The van der Waals surface area contributed by atoms with E-state index in [9.17, 15) is 9.59 Å². The van der Waals surface area contributed by atoms with E-state index in [4.69, 9.17) is 4.99 Å². The molecule has 0 saturated heterocycles. The number of para-hydroxylation sites is 1. The zero-order valence-electron chi connectivity index (χ0n) is 17.9. The van der Waals surface area contributed by atoms with Crippen LogP contribution in [0.2, 0.25) is 0 Å². The highest BCUT2D eigenvalue weighted by atomic mass is 16.2. The Morgan fingerprint density at radius 3 is 2.47 bits per heavy atom. The number of hydrogen-bond donors (Lipinski definition) is 1. The fourth-order valence-electron chi connectivity index (χ4n) is 4.64. The van der Waals surface area contributed by atoms with Gasteiger partial charge in [0.2, 0.25) is 0 Å². The third-order valence-corrected chi connectivity index (χ3v) is 6.29. The van der Waals surface area contributed by atoms with Crippen molar-refractivity contribution in [2.45, 2.75) is 52.4 Å². The van der Waals surface area contributed by atoms with Gasteiger partial charge in [-0.05, 0) is 55.9 Å². The molecule has 30 heavy (non-hydrogen) atoms. The number of amides is 1. The lowest BCUT2D eigenvalue weighted by Crippen LogP contribution is -2.39. The summed E-state index contributed by atoms with van der Waals surface area (Å²) in [5, 5.41) is 3.07. The van der Waals surface area contributed by atoms with Gasteiger partial charge >= 0.3 is 0 Å². The van der Waals surface area contributed by atoms with Gasteiger partial charge in [0.15, 0.2) is 0 Å². The molecular formula is C26H28N2O2. The molecule has 1 saturated carbocycles. The molecule has 1 unspecified atom stereocenters. The number of rotatable bonds is 4. The minimum absolute atomic E-state index is 0.174. The van der Waals surface area contributed by atoms with E-state index in [2.05, 4.69) is 36.5 Å². The molecule has 0 radical (unpaired) electrons. The highest BCUT2D eigenvalue weighted by Crippen LogP contribution is 2.43. The number of carbonyl (C=O) groups is 2. The second kappa shape index (κ2) is 8.39. The van der Waals surface area contributed by atoms with Gasteiger partial charge in [0.05, 0.1) is 5.92 Å². The number of nitrogens with one attached hydrogen (secondary N) is 1. The second-order valence-electron chi connectivity index (χ2n) is 8.24. The summed E-state index contributed by atoms with van der Waals surface area (Å²) in [7, 11) is 0. The minimum atomic E-state index is -0.340. The van der Waals surface area contributed by atoms with Crippen LogP contribution in [0.5, 0.6) is 0 Å². The first-order valence-electron chi connectivity index (χ1n) is 10.8. The van der Waals surface area contributed by atoms with Gasteiger partial charge in [-0.2, -0.15) is 0 Å². The molecular weight excluding hydrogens is 372 g/mol. The number of carbonyl (C=O) groups excluding carboxylic acids is 2. The molecule has 1 heterocycles. The Hall–Kier alpha value is -3.01. The summed E-state index contributed by atoms with van der Waals surface area (Å²) in [5.74, 6) is -0.612. The van der Waals surface area contributed by atoms with Crippen LogP contribution in [-0.4, -0.2) is 17.4 Å². The first-order chi connectivity index (χ1) is 14.5. The van der Waals surface area contributed by atoms with Gasteiger partial charge < -0.3 is 5.32 Å². The van der Waals surface area contributed by atoms with Gasteiger partial charge in [-0.25, -0.2) is 0 Å². The average Bonchev–Trinajstić information content (AvgIpc) is 2.74. The Morgan fingerprint density at radius 1 is 1.03 bits per heavy atom. The van der Waals surface area contributed by atoms with E-state index in [1.807, 2.05) is 38.1 Å². The number of hydrogen-bond acceptors (Lipinski definition) is 3. The van der Waals surface area contributed by atoms with Gasteiger partial charge in [-0.3, -0.25) is 14.6 Å². The molecule has 0 spiro atoms. The third kappa shape index (κ3) is 3.74. The Labute approximate surface area is 178 Å². The molecule has 1 amide bonds. The Balaban J connectivity index is 1.79. The molecule has 4 nitrogen and oxygen atoms in total. The van der Waals surface area contributed by atoms with Crippen LogP contribution in [0.25, 0.3) is 0 Å². The van der Waals surface area contributed by atoms with E-state index in [1.165, 1.54) is 5.56 Å². The number of fused-ring (bicyclic) bond motifs is 1. The van der Waals surface area contributed by atoms with Crippen molar-refractivity contribution < 1.29 is 9.59 Å². The van der Waals surface area contributed by atoms with E-state index < -0.39 is 0 Å². The quantitative estimate of drug-likeness (QED) is 0.749. The first kappa shape index (κ1) is 20.3. The zero-order chi connectivity index (χ0) is 21.3. The van der Waals surface area contributed by atoms with E-state index in [-0.39, 0.29) is 23.5 Å². The molecule has 2 aromatic rings. The molecule has 2 aromatic carbocycles. The summed E-state index contributed by atoms with van der Waals surface area (Å²) in [6.45, 7) is 5.98. The topological polar surface area (TPSA) is 58.5 Å². The maximum atomic E-state index is 13.5. The number of aliphatic imine (C=N–C) groups is 1. The second-order valence-corrected chi connectivity index (χ2v) is 8.24. The van der Waals surface area contributed by atoms with Crippen LogP contribution in [0.15, 0.2) is 64.8 Å². The first-order valence-corrected chi connectivity index (χ1v) is 10.8. The maximum absolute atomic E-state index is 13.5. The van der Waals surface area contributed by atoms with E-state index in [0.717, 1.165) is 41.8 Å². The third-order valence-electron chi connectivity index (χ3n) is 6.29. The predicted molar refractivity (Wildman–Crippen MR) is 121 cm³/mol. The van der Waals surface area contributed by atoms with Crippen molar-refractivity contribution in [3.63, 3.8) is 0 Å². The van der Waals surface area contributed by atoms with Gasteiger partial charge in [0.1, 0.15) is 5.78 Å². The molecule has 4 rings (SSSR count). The zero-order valence-corrected chi connectivity index (χ0v) is 17.9. The predicted octanol–water partition coefficient (Wildman–Crippen LogP) is 5.38. The van der Waals surface area contributed by atoms with Gasteiger partial charge in [0.25, 0.3) is 5.91 Å². The SMILES string of the molecule is CCc1ccc([C@@H]2C(C(=O)Nc3ccccc3C)=C(C)N=C3CCCC(=O)C32)cc1. The van der Waals surface area contributed by atoms with Crippen LogP contribution in [0.1, 0.15) is 55.7 Å². The van der Waals surface area contributed by atoms with Gasteiger partial charge in [-0.1, -0.05) is 49.4 Å². The lowest BCUT2D eigenvalue weighted by molar-refractivity contribution is -0.122. The summed E-state index contributed by atoms with van der Waals surface area (Å²) in [6, 6.07) is 16.1. The maximum Gasteiger partial charge on any atom is 0.254 e. The normalized spacial score (nSPS) is 21.2. The monoisotopic (exact) mass is 400 g/mol. The Kier molecular flexibility index (Phi) is 5.67. The fourth-order valence-corrected chi connectivity index (χ4v) is 4.64. The smallest absolute Gasteiger partial charge is 0.254 e. The number of Topliss-reactive ketones (excluding diaryl/α,β-unsaturated/α-hetero) is 1. The highest BCUT2D eigenvalue weighted by molar-refractivity contribution is 6.14. The van der Waals surface area contributed by atoms with E-state index in [0.29, 0.717) is 17.7 Å². The van der Waals surface area contributed by atoms with Crippen LogP contribution in [0.4, 0.5) is 5.69 Å². The molecule has 0 bridgehead atoms. The van der Waals surface area contributed by atoms with Crippen molar-refractivity contribution in [1.29, 1.82) is 0 Å². The number of ketones is 1. The molecule has 1 aliphatic heterocycles. The molecule has 154 valence electrons. The molecule has 1 N–H and O–H groups in total. The number of allylic oxidation sites excluding steroid dienone is 1. The standard InChI is InChI=1S/C26H28N2O2/c1-4-18-12-14-19(15-13-18)24-23(26(30)28-20-9-6-5-8-16(20)2)17(3)27-21-10-7-11-22(29)25(21)24/h5-6,8-9,12-15,24-25H,4,7,10-11H2,1-3H3,(H,28,30)/t24-,25?/m1/s1. The summed E-state index contributed by atoms with van der Waals surface area (Å²) < 4.78 is 0. The number of benzene rings is 2. The summed E-state index contributed by atoms with van der Waals surface area (Å²) >= 11 is 0. The number of nitrogens with zero attached hydrogens (tertiary/aromatic N) is 1. The van der Waals surface area contributed by atoms with Crippen LogP contribution < -0.4 is 5.32 Å². The van der Waals surface area contributed by atoms with Crippen molar-refractivity contribution in [3.8, 4) is 0 Å². The Morgan fingerprint density at radius 2 is 1.77 bits per heavy atom. The summed E-state index contributed by atoms with van der Waals surface area (Å²) in [6.07, 6.45) is 3.17. The van der Waals surface area contributed by atoms with Crippen LogP contribution >= 0.6 is 0 Å². The minimum Gasteiger partial charge on any atom is -0.322 e.